The molecule has 0 N–H and O–H groups in total. The zero-order valence-corrected chi connectivity index (χ0v) is 17.7. The Balaban J connectivity index is 1.68. The normalized spacial score (nSPS) is 18.7. The number of sulfone groups is 1. The second-order valence-corrected chi connectivity index (χ2v) is 11.3. The van der Waals surface area contributed by atoms with Crippen molar-refractivity contribution in [3.63, 3.8) is 0 Å². The molecule has 0 saturated carbocycles. The summed E-state index contributed by atoms with van der Waals surface area (Å²) in [5, 5.41) is 1.85. The van der Waals surface area contributed by atoms with Gasteiger partial charge in [-0.05, 0) is 47.9 Å². The van der Waals surface area contributed by atoms with Crippen LogP contribution in [0.4, 0.5) is 0 Å². The molecule has 3 aromatic rings. The number of fused-ring (bicyclic) bond motifs is 1. The van der Waals surface area contributed by atoms with E-state index < -0.39 is 19.9 Å². The number of hydrogen-bond donors (Lipinski definition) is 0. The minimum absolute atomic E-state index is 0.176. The maximum absolute atomic E-state index is 13.3. The van der Waals surface area contributed by atoms with Crippen molar-refractivity contribution >= 4 is 30.6 Å². The fraction of sp³-hybridized carbons (Fsp3) is 0.286. The molecule has 1 aliphatic heterocycles. The Labute approximate surface area is 171 Å². The molecule has 1 atom stereocenters. The van der Waals surface area contributed by atoms with Gasteiger partial charge in [0.2, 0.25) is 10.0 Å². The largest absolute Gasteiger partial charge is 0.260 e. The zero-order chi connectivity index (χ0) is 20.6. The van der Waals surface area contributed by atoms with Crippen molar-refractivity contribution in [2.24, 2.45) is 0 Å². The van der Waals surface area contributed by atoms with Gasteiger partial charge in [0, 0.05) is 31.5 Å². The summed E-state index contributed by atoms with van der Waals surface area (Å²) in [6.07, 6.45) is 4.06. The summed E-state index contributed by atoms with van der Waals surface area (Å²) in [4.78, 5) is 4.73. The second-order valence-electron chi connectivity index (χ2n) is 7.37. The molecule has 6 nitrogen and oxygen atoms in total. The predicted molar refractivity (Wildman–Crippen MR) is 112 cm³/mol. The molecular weight excluding hydrogens is 408 g/mol. The molecule has 1 aliphatic rings. The third-order valence-corrected chi connectivity index (χ3v) is 8.33. The van der Waals surface area contributed by atoms with Gasteiger partial charge in [0.05, 0.1) is 15.5 Å². The summed E-state index contributed by atoms with van der Waals surface area (Å²) < 4.78 is 52.3. The van der Waals surface area contributed by atoms with Gasteiger partial charge in [-0.15, -0.1) is 0 Å². The lowest BCUT2D eigenvalue weighted by Gasteiger charge is -2.32. The highest BCUT2D eigenvalue weighted by atomic mass is 32.2. The zero-order valence-electron chi connectivity index (χ0n) is 16.0. The van der Waals surface area contributed by atoms with E-state index in [1.165, 1.54) is 10.4 Å². The van der Waals surface area contributed by atoms with E-state index in [1.54, 1.807) is 24.4 Å². The van der Waals surface area contributed by atoms with Crippen LogP contribution in [0.25, 0.3) is 10.8 Å². The minimum atomic E-state index is -3.69. The molecular formula is C21H22N2O4S2. The van der Waals surface area contributed by atoms with Crippen LogP contribution in [0.15, 0.2) is 70.6 Å². The lowest BCUT2D eigenvalue weighted by Crippen LogP contribution is -2.39. The number of pyridine rings is 1. The van der Waals surface area contributed by atoms with E-state index in [4.69, 9.17) is 0 Å². The quantitative estimate of drug-likeness (QED) is 0.635. The van der Waals surface area contributed by atoms with Crippen molar-refractivity contribution < 1.29 is 16.8 Å². The van der Waals surface area contributed by atoms with Crippen LogP contribution in [0.2, 0.25) is 0 Å². The molecule has 0 bridgehead atoms. The van der Waals surface area contributed by atoms with Gasteiger partial charge in [0.25, 0.3) is 0 Å². The van der Waals surface area contributed by atoms with Gasteiger partial charge in [0.15, 0.2) is 9.84 Å². The monoisotopic (exact) mass is 430 g/mol. The second kappa shape index (κ2) is 7.51. The first-order valence-electron chi connectivity index (χ1n) is 9.41. The van der Waals surface area contributed by atoms with Gasteiger partial charge >= 0.3 is 0 Å². The minimum Gasteiger partial charge on any atom is -0.260 e. The van der Waals surface area contributed by atoms with Crippen molar-refractivity contribution in [3.05, 3.63) is 66.5 Å². The summed E-state index contributed by atoms with van der Waals surface area (Å²) in [7, 11) is -7.13. The molecule has 0 spiro atoms. The highest BCUT2D eigenvalue weighted by Gasteiger charge is 2.33. The van der Waals surface area contributed by atoms with Crippen LogP contribution in [0.5, 0.6) is 0 Å². The van der Waals surface area contributed by atoms with Crippen LogP contribution in [-0.2, 0) is 19.9 Å². The van der Waals surface area contributed by atoms with E-state index in [0.717, 1.165) is 17.0 Å². The first-order chi connectivity index (χ1) is 13.8. The molecule has 152 valence electrons. The van der Waals surface area contributed by atoms with Crippen molar-refractivity contribution in [2.45, 2.75) is 28.6 Å². The maximum atomic E-state index is 13.3. The third-order valence-electron chi connectivity index (χ3n) is 5.33. The van der Waals surface area contributed by atoms with E-state index in [0.29, 0.717) is 25.1 Å². The van der Waals surface area contributed by atoms with Gasteiger partial charge in [-0.1, -0.05) is 30.3 Å². The average Bonchev–Trinajstić information content (AvgIpc) is 2.73. The van der Waals surface area contributed by atoms with Crippen LogP contribution in [0.3, 0.4) is 0 Å². The van der Waals surface area contributed by atoms with Gasteiger partial charge in [-0.25, -0.2) is 16.8 Å². The Morgan fingerprint density at radius 3 is 2.48 bits per heavy atom. The predicted octanol–water partition coefficient (Wildman–Crippen LogP) is 3.21. The van der Waals surface area contributed by atoms with Crippen LogP contribution < -0.4 is 0 Å². The molecule has 0 amide bonds. The maximum Gasteiger partial charge on any atom is 0.243 e. The fourth-order valence-corrected chi connectivity index (χ4v) is 6.37. The van der Waals surface area contributed by atoms with Gasteiger partial charge in [0.1, 0.15) is 0 Å². The topological polar surface area (TPSA) is 84.4 Å². The van der Waals surface area contributed by atoms with Gasteiger partial charge in [-0.2, -0.15) is 4.31 Å². The highest BCUT2D eigenvalue weighted by Crippen LogP contribution is 2.33. The first kappa shape index (κ1) is 20.0. The standard InChI is InChI=1S/C21H22N2O4S2/c1-28(24,25)20-9-4-12-22-21(20)18-8-5-13-23(15-18)29(26,27)19-11-10-16-6-2-3-7-17(16)14-19/h2-4,6-7,9-12,14,18H,5,8,13,15H2,1H3/t18-/m1/s1. The molecule has 0 radical (unpaired) electrons. The molecule has 2 aromatic carbocycles. The number of hydrogen-bond acceptors (Lipinski definition) is 5. The number of sulfonamides is 1. The van der Waals surface area contributed by atoms with E-state index in [-0.39, 0.29) is 22.3 Å². The van der Waals surface area contributed by atoms with E-state index in [2.05, 4.69) is 4.98 Å². The number of rotatable bonds is 4. The first-order valence-corrected chi connectivity index (χ1v) is 12.7. The molecule has 1 aromatic heterocycles. The Bertz CT molecular complexity index is 1270. The molecule has 1 fully saturated rings. The van der Waals surface area contributed by atoms with Gasteiger partial charge in [-0.3, -0.25) is 4.98 Å². The molecule has 8 heteroatoms. The Kier molecular flexibility index (Phi) is 5.18. The van der Waals surface area contributed by atoms with Crippen LogP contribution >= 0.6 is 0 Å². The van der Waals surface area contributed by atoms with E-state index >= 15 is 0 Å². The average molecular weight is 431 g/mol. The van der Waals surface area contributed by atoms with Crippen molar-refractivity contribution in [1.29, 1.82) is 0 Å². The third kappa shape index (κ3) is 3.92. The Morgan fingerprint density at radius 2 is 1.72 bits per heavy atom. The number of piperidine rings is 1. The smallest absolute Gasteiger partial charge is 0.243 e. The van der Waals surface area contributed by atoms with Crippen LogP contribution in [0.1, 0.15) is 24.5 Å². The van der Waals surface area contributed by atoms with Crippen molar-refractivity contribution in [3.8, 4) is 0 Å². The van der Waals surface area contributed by atoms with Crippen molar-refractivity contribution in [2.75, 3.05) is 19.3 Å². The number of aromatic nitrogens is 1. The molecule has 0 unspecified atom stereocenters. The molecule has 29 heavy (non-hydrogen) atoms. The van der Waals surface area contributed by atoms with Crippen LogP contribution in [0, 0.1) is 0 Å². The Hall–Kier alpha value is -2.29. The molecule has 4 rings (SSSR count). The fourth-order valence-electron chi connectivity index (χ4n) is 3.88. The summed E-state index contributed by atoms with van der Waals surface area (Å²) in [5.41, 5.74) is 0.452. The van der Waals surface area contributed by atoms with Crippen LogP contribution in [-0.4, -0.2) is 45.5 Å². The van der Waals surface area contributed by atoms with Gasteiger partial charge < -0.3 is 0 Å². The number of nitrogens with zero attached hydrogens (tertiary/aromatic N) is 2. The SMILES string of the molecule is CS(=O)(=O)c1cccnc1[C@@H]1CCCN(S(=O)(=O)c2ccc3ccccc3c2)C1. The van der Waals surface area contributed by atoms with E-state index in [9.17, 15) is 16.8 Å². The summed E-state index contributed by atoms with van der Waals surface area (Å²) in [5.74, 6) is -0.259. The molecule has 0 aliphatic carbocycles. The Morgan fingerprint density at radius 1 is 0.966 bits per heavy atom. The summed E-state index contributed by atoms with van der Waals surface area (Å²) in [6.45, 7) is 0.626. The van der Waals surface area contributed by atoms with E-state index in [1.807, 2.05) is 30.3 Å². The highest BCUT2D eigenvalue weighted by molar-refractivity contribution is 7.90. The number of benzene rings is 2. The summed E-state index contributed by atoms with van der Waals surface area (Å²) >= 11 is 0. The summed E-state index contributed by atoms with van der Waals surface area (Å²) in [6, 6.07) is 15.9. The lowest BCUT2D eigenvalue weighted by atomic mass is 9.95. The lowest BCUT2D eigenvalue weighted by molar-refractivity contribution is 0.310. The molecule has 2 heterocycles. The van der Waals surface area contributed by atoms with Crippen molar-refractivity contribution in [1.82, 2.24) is 9.29 Å². The molecule has 1 saturated heterocycles.